The van der Waals surface area contributed by atoms with E-state index in [1.54, 1.807) is 12.1 Å². The third kappa shape index (κ3) is 11.0. The van der Waals surface area contributed by atoms with Crippen LogP contribution in [0, 0.1) is 5.92 Å². The SMILES string of the molecule is CC(C)CC(NC(=O)C(CS)NC(=O)C(N)Cc1ccc(O)cc1)C(=O)NC(CCC(N)=O)C(=O)O. The monoisotopic (exact) mass is 525 g/mol. The third-order valence-electron chi connectivity index (χ3n) is 5.18. The molecule has 4 unspecified atom stereocenters. The maximum absolute atomic E-state index is 12.9. The Hall–Kier alpha value is -3.32. The largest absolute Gasteiger partial charge is 0.508 e. The van der Waals surface area contributed by atoms with Crippen LogP contribution in [0.5, 0.6) is 5.75 Å². The molecule has 0 aliphatic heterocycles. The number of carboxylic acid groups (broad SMARTS) is 1. The summed E-state index contributed by atoms with van der Waals surface area (Å²) in [5.41, 5.74) is 11.7. The predicted octanol–water partition coefficient (Wildman–Crippen LogP) is -0.958. The lowest BCUT2D eigenvalue weighted by molar-refractivity contribution is -0.142. The number of aromatic hydroxyl groups is 1. The van der Waals surface area contributed by atoms with Gasteiger partial charge in [0.2, 0.25) is 23.6 Å². The number of hydrogen-bond donors (Lipinski definition) is 8. The third-order valence-corrected chi connectivity index (χ3v) is 5.54. The van der Waals surface area contributed by atoms with E-state index in [0.717, 1.165) is 0 Å². The van der Waals surface area contributed by atoms with Crippen molar-refractivity contribution in [3.8, 4) is 5.75 Å². The van der Waals surface area contributed by atoms with Crippen LogP contribution in [0.4, 0.5) is 0 Å². The first-order valence-corrected chi connectivity index (χ1v) is 12.0. The Kier molecular flexibility index (Phi) is 12.7. The number of nitrogens with two attached hydrogens (primary N) is 2. The predicted molar refractivity (Wildman–Crippen MR) is 135 cm³/mol. The maximum Gasteiger partial charge on any atom is 0.326 e. The first-order valence-electron chi connectivity index (χ1n) is 11.4. The van der Waals surface area contributed by atoms with Crippen LogP contribution in [-0.2, 0) is 30.4 Å². The van der Waals surface area contributed by atoms with E-state index in [2.05, 4.69) is 28.6 Å². The fraction of sp³-hybridized carbons (Fsp3) is 0.522. The molecule has 1 aromatic rings. The molecule has 4 amide bonds. The van der Waals surface area contributed by atoms with Gasteiger partial charge in [0.05, 0.1) is 6.04 Å². The van der Waals surface area contributed by atoms with Crippen LogP contribution in [0.1, 0.15) is 38.7 Å². The maximum atomic E-state index is 12.9. The van der Waals surface area contributed by atoms with Gasteiger partial charge < -0.3 is 37.6 Å². The molecule has 0 spiro atoms. The van der Waals surface area contributed by atoms with Crippen molar-refractivity contribution in [2.24, 2.45) is 17.4 Å². The van der Waals surface area contributed by atoms with Gasteiger partial charge in [0.1, 0.15) is 23.9 Å². The van der Waals surface area contributed by atoms with Crippen molar-refractivity contribution in [2.75, 3.05) is 5.75 Å². The standard InChI is InChI=1S/C23H35N5O7S/c1-12(2)9-17(21(32)26-16(23(34)35)7-8-19(25)30)27-22(33)18(11-36)28-20(31)15(24)10-13-3-5-14(29)6-4-13/h3-6,12,15-18,29,36H,7-11,24H2,1-2H3,(H2,25,30)(H,26,32)(H,27,33)(H,28,31)(H,34,35). The van der Waals surface area contributed by atoms with E-state index in [-0.39, 0.29) is 43.1 Å². The van der Waals surface area contributed by atoms with Gasteiger partial charge in [-0.25, -0.2) is 4.79 Å². The lowest BCUT2D eigenvalue weighted by atomic mass is 10.0. The zero-order valence-corrected chi connectivity index (χ0v) is 21.2. The number of hydrogen-bond acceptors (Lipinski definition) is 8. The summed E-state index contributed by atoms with van der Waals surface area (Å²) < 4.78 is 0. The number of carboxylic acids is 1. The molecule has 13 heteroatoms. The van der Waals surface area contributed by atoms with E-state index >= 15 is 0 Å². The lowest BCUT2D eigenvalue weighted by Crippen LogP contribution is -2.58. The number of primary amides is 1. The minimum atomic E-state index is -1.37. The van der Waals surface area contributed by atoms with Crippen molar-refractivity contribution in [1.82, 2.24) is 16.0 Å². The second-order valence-electron chi connectivity index (χ2n) is 8.82. The molecule has 1 rings (SSSR count). The van der Waals surface area contributed by atoms with Crippen molar-refractivity contribution in [1.29, 1.82) is 0 Å². The second-order valence-corrected chi connectivity index (χ2v) is 9.18. The van der Waals surface area contributed by atoms with Gasteiger partial charge in [0.15, 0.2) is 0 Å². The van der Waals surface area contributed by atoms with E-state index < -0.39 is 53.8 Å². The van der Waals surface area contributed by atoms with Crippen LogP contribution in [0.3, 0.4) is 0 Å². The highest BCUT2D eigenvalue weighted by Gasteiger charge is 2.30. The van der Waals surface area contributed by atoms with Crippen molar-refractivity contribution in [3.63, 3.8) is 0 Å². The summed E-state index contributed by atoms with van der Waals surface area (Å²) in [7, 11) is 0. The van der Waals surface area contributed by atoms with Gasteiger partial charge in [-0.15, -0.1) is 0 Å². The molecule has 0 heterocycles. The number of phenolic OH excluding ortho intramolecular Hbond substituents is 1. The van der Waals surface area contributed by atoms with E-state index in [9.17, 15) is 34.2 Å². The average molecular weight is 526 g/mol. The Balaban J connectivity index is 2.84. The zero-order valence-electron chi connectivity index (χ0n) is 20.3. The van der Waals surface area contributed by atoms with Crippen LogP contribution in [0.15, 0.2) is 24.3 Å². The molecule has 0 aliphatic carbocycles. The summed E-state index contributed by atoms with van der Waals surface area (Å²) in [6.07, 6.45) is -0.0930. The van der Waals surface area contributed by atoms with Crippen LogP contribution < -0.4 is 27.4 Å². The Morgan fingerprint density at radius 1 is 0.917 bits per heavy atom. The molecule has 0 aromatic heterocycles. The molecule has 0 bridgehead atoms. The van der Waals surface area contributed by atoms with Gasteiger partial charge in [-0.2, -0.15) is 12.6 Å². The van der Waals surface area contributed by atoms with Gasteiger partial charge >= 0.3 is 5.97 Å². The molecule has 0 fully saturated rings. The van der Waals surface area contributed by atoms with Crippen molar-refractivity contribution in [3.05, 3.63) is 29.8 Å². The Labute approximate surface area is 215 Å². The quantitative estimate of drug-likeness (QED) is 0.133. The first-order chi connectivity index (χ1) is 16.8. The van der Waals surface area contributed by atoms with Crippen molar-refractivity contribution in [2.45, 2.75) is 63.7 Å². The smallest absolute Gasteiger partial charge is 0.326 e. The first kappa shape index (κ1) is 30.7. The van der Waals surface area contributed by atoms with Gasteiger partial charge in [-0.3, -0.25) is 19.2 Å². The number of thiol groups is 1. The zero-order chi connectivity index (χ0) is 27.4. The number of benzene rings is 1. The summed E-state index contributed by atoms with van der Waals surface area (Å²) in [6.45, 7) is 3.63. The molecule has 0 saturated heterocycles. The molecule has 200 valence electrons. The molecule has 12 nitrogen and oxygen atoms in total. The number of nitrogens with one attached hydrogen (secondary N) is 3. The molecule has 9 N–H and O–H groups in total. The molecule has 0 saturated carbocycles. The normalized spacial score (nSPS) is 14.2. The summed E-state index contributed by atoms with van der Waals surface area (Å²) in [5.74, 6) is -4.16. The molecule has 0 radical (unpaired) electrons. The fourth-order valence-electron chi connectivity index (χ4n) is 3.24. The second kappa shape index (κ2) is 14.9. The van der Waals surface area contributed by atoms with Gasteiger partial charge in [-0.1, -0.05) is 26.0 Å². The van der Waals surface area contributed by atoms with E-state index in [1.807, 2.05) is 13.8 Å². The Bertz CT molecular complexity index is 926. The fourth-order valence-corrected chi connectivity index (χ4v) is 3.50. The minimum Gasteiger partial charge on any atom is -0.508 e. The average Bonchev–Trinajstić information content (AvgIpc) is 2.79. The number of aliphatic carboxylic acids is 1. The Morgan fingerprint density at radius 3 is 1.94 bits per heavy atom. The van der Waals surface area contributed by atoms with E-state index in [1.165, 1.54) is 12.1 Å². The molecule has 36 heavy (non-hydrogen) atoms. The summed E-state index contributed by atoms with van der Waals surface area (Å²) in [4.78, 5) is 60.7. The lowest BCUT2D eigenvalue weighted by Gasteiger charge is -2.25. The van der Waals surface area contributed by atoms with E-state index in [4.69, 9.17) is 11.5 Å². The molecular weight excluding hydrogens is 490 g/mol. The molecule has 0 aliphatic rings. The van der Waals surface area contributed by atoms with Gasteiger partial charge in [-0.05, 0) is 42.9 Å². The van der Waals surface area contributed by atoms with Crippen LogP contribution in [-0.4, -0.2) is 69.7 Å². The van der Waals surface area contributed by atoms with Crippen LogP contribution >= 0.6 is 12.6 Å². The van der Waals surface area contributed by atoms with Crippen molar-refractivity contribution >= 4 is 42.2 Å². The van der Waals surface area contributed by atoms with Crippen molar-refractivity contribution < 1.29 is 34.2 Å². The summed E-state index contributed by atoms with van der Waals surface area (Å²) in [6, 6.07) is 1.61. The van der Waals surface area contributed by atoms with Gasteiger partial charge in [0.25, 0.3) is 0 Å². The van der Waals surface area contributed by atoms with Crippen LogP contribution in [0.25, 0.3) is 0 Å². The number of carbonyl (C=O) groups excluding carboxylic acids is 4. The summed E-state index contributed by atoms with van der Waals surface area (Å²) in [5, 5.41) is 26.1. The molecular formula is C23H35N5O7S. The number of amides is 4. The highest BCUT2D eigenvalue weighted by Crippen LogP contribution is 2.11. The number of carbonyl (C=O) groups is 5. The highest BCUT2D eigenvalue weighted by molar-refractivity contribution is 7.80. The molecule has 4 atom stereocenters. The van der Waals surface area contributed by atoms with Crippen LogP contribution in [0.2, 0.25) is 0 Å². The van der Waals surface area contributed by atoms with E-state index in [0.29, 0.717) is 5.56 Å². The topological polar surface area (TPSA) is 214 Å². The summed E-state index contributed by atoms with van der Waals surface area (Å²) >= 11 is 4.12. The highest BCUT2D eigenvalue weighted by atomic mass is 32.1. The molecule has 1 aromatic carbocycles. The number of rotatable bonds is 15. The van der Waals surface area contributed by atoms with Gasteiger partial charge in [0, 0.05) is 12.2 Å². The minimum absolute atomic E-state index is 0.0438. The Morgan fingerprint density at radius 2 is 1.44 bits per heavy atom. The number of phenols is 1.